The van der Waals surface area contributed by atoms with Crippen LogP contribution >= 0.6 is 0 Å². The summed E-state index contributed by atoms with van der Waals surface area (Å²) in [6, 6.07) is 6.17. The third-order valence-corrected chi connectivity index (χ3v) is 4.90. The van der Waals surface area contributed by atoms with Gasteiger partial charge in [-0.3, -0.25) is 0 Å². The average molecular weight is 302 g/mol. The van der Waals surface area contributed by atoms with Crippen LogP contribution in [0.25, 0.3) is 0 Å². The summed E-state index contributed by atoms with van der Waals surface area (Å²) >= 11 is 0. The molecule has 1 atom stereocenters. The van der Waals surface area contributed by atoms with E-state index in [9.17, 15) is 4.79 Å². The summed E-state index contributed by atoms with van der Waals surface area (Å²) in [4.78, 5) is 16.7. The highest BCUT2D eigenvalue weighted by Crippen LogP contribution is 2.29. The number of likely N-dealkylation sites (tertiary alicyclic amines) is 1. The number of hydrogen-bond acceptors (Lipinski definition) is 3. The number of amides is 2. The van der Waals surface area contributed by atoms with E-state index in [0.717, 1.165) is 43.9 Å². The van der Waals surface area contributed by atoms with Crippen LogP contribution in [0.5, 0.6) is 0 Å². The molecule has 0 saturated carbocycles. The van der Waals surface area contributed by atoms with Crippen LogP contribution in [0.4, 0.5) is 16.2 Å². The van der Waals surface area contributed by atoms with Gasteiger partial charge in [-0.05, 0) is 56.3 Å². The van der Waals surface area contributed by atoms with E-state index in [4.69, 9.17) is 5.73 Å². The summed E-state index contributed by atoms with van der Waals surface area (Å²) in [6.45, 7) is 6.56. The first-order chi connectivity index (χ1) is 10.7. The van der Waals surface area contributed by atoms with E-state index >= 15 is 0 Å². The van der Waals surface area contributed by atoms with Gasteiger partial charge in [-0.1, -0.05) is 6.07 Å². The van der Waals surface area contributed by atoms with Crippen LogP contribution in [0.1, 0.15) is 24.8 Å². The Hall–Kier alpha value is -1.75. The van der Waals surface area contributed by atoms with Crippen molar-refractivity contribution in [1.29, 1.82) is 0 Å². The molecular weight excluding hydrogens is 276 g/mol. The van der Waals surface area contributed by atoms with Crippen LogP contribution in [0.3, 0.4) is 0 Å². The third-order valence-electron chi connectivity index (χ3n) is 4.90. The van der Waals surface area contributed by atoms with Crippen molar-refractivity contribution in [3.05, 3.63) is 23.8 Å². The second kappa shape index (κ2) is 6.57. The zero-order valence-corrected chi connectivity index (χ0v) is 13.3. The number of hydrogen-bond donors (Lipinski definition) is 2. The summed E-state index contributed by atoms with van der Waals surface area (Å²) in [5.74, 6) is 0.447. The number of benzene rings is 1. The number of nitrogens with one attached hydrogen (secondary N) is 1. The molecule has 2 fully saturated rings. The predicted molar refractivity (Wildman–Crippen MR) is 90.4 cm³/mol. The van der Waals surface area contributed by atoms with Gasteiger partial charge in [0.05, 0.1) is 0 Å². The molecular formula is C17H26N4O. The zero-order chi connectivity index (χ0) is 15.5. The highest BCUT2D eigenvalue weighted by Gasteiger charge is 2.25. The van der Waals surface area contributed by atoms with E-state index < -0.39 is 0 Å². The highest BCUT2D eigenvalue weighted by atomic mass is 16.2. The Labute approximate surface area is 132 Å². The second-order valence-corrected chi connectivity index (χ2v) is 6.41. The van der Waals surface area contributed by atoms with E-state index in [1.807, 2.05) is 17.0 Å². The maximum Gasteiger partial charge on any atom is 0.321 e. The lowest BCUT2D eigenvalue weighted by Gasteiger charge is -2.23. The van der Waals surface area contributed by atoms with Gasteiger partial charge in [-0.2, -0.15) is 0 Å². The molecule has 0 bridgehead atoms. The lowest BCUT2D eigenvalue weighted by atomic mass is 10.1. The number of nitrogens with two attached hydrogens (primary N) is 1. The fourth-order valence-electron chi connectivity index (χ4n) is 3.46. The number of carbonyl (C=O) groups excluding carboxylic acids is 1. The molecule has 2 aliphatic heterocycles. The summed E-state index contributed by atoms with van der Waals surface area (Å²) in [6.07, 6.45) is 3.52. The van der Waals surface area contributed by atoms with Crippen molar-refractivity contribution in [1.82, 2.24) is 4.90 Å². The molecule has 120 valence electrons. The Balaban J connectivity index is 1.70. The predicted octanol–water partition coefficient (Wildman–Crippen LogP) is 2.41. The van der Waals surface area contributed by atoms with Gasteiger partial charge < -0.3 is 20.9 Å². The monoisotopic (exact) mass is 302 g/mol. The van der Waals surface area contributed by atoms with Crippen molar-refractivity contribution < 1.29 is 4.79 Å². The van der Waals surface area contributed by atoms with Crippen LogP contribution in [-0.4, -0.2) is 43.7 Å². The molecule has 1 aromatic rings. The standard InChI is InChI=1S/C17H26N4O/c1-13-15(5-4-6-16(13)20-8-2-3-9-20)19-17(22)21-10-7-14(11-18)12-21/h4-6,14H,2-3,7-12,18H2,1H3,(H,19,22). The van der Waals surface area contributed by atoms with Gasteiger partial charge in [0.15, 0.2) is 0 Å². The number of rotatable bonds is 3. The number of carbonyl (C=O) groups is 1. The minimum absolute atomic E-state index is 0.00220. The molecule has 1 aromatic carbocycles. The van der Waals surface area contributed by atoms with Crippen LogP contribution in [0.2, 0.25) is 0 Å². The van der Waals surface area contributed by atoms with Crippen molar-refractivity contribution in [3.8, 4) is 0 Å². The summed E-state index contributed by atoms with van der Waals surface area (Å²) in [5, 5.41) is 3.08. The van der Waals surface area contributed by atoms with Crippen molar-refractivity contribution in [2.24, 2.45) is 11.7 Å². The van der Waals surface area contributed by atoms with Crippen LogP contribution in [0.15, 0.2) is 18.2 Å². The lowest BCUT2D eigenvalue weighted by Crippen LogP contribution is -2.34. The van der Waals surface area contributed by atoms with Crippen LogP contribution in [0, 0.1) is 12.8 Å². The van der Waals surface area contributed by atoms with Crippen LogP contribution < -0.4 is 16.0 Å². The van der Waals surface area contributed by atoms with Crippen molar-refractivity contribution in [2.45, 2.75) is 26.2 Å². The first kappa shape index (κ1) is 15.2. The van der Waals surface area contributed by atoms with Crippen molar-refractivity contribution in [2.75, 3.05) is 42.9 Å². The molecule has 1 unspecified atom stereocenters. The van der Waals surface area contributed by atoms with E-state index in [1.165, 1.54) is 18.5 Å². The molecule has 0 aromatic heterocycles. The molecule has 22 heavy (non-hydrogen) atoms. The molecule has 2 saturated heterocycles. The smallest absolute Gasteiger partial charge is 0.321 e. The Kier molecular flexibility index (Phi) is 4.52. The van der Waals surface area contributed by atoms with E-state index in [1.54, 1.807) is 0 Å². The lowest BCUT2D eigenvalue weighted by molar-refractivity contribution is 0.221. The van der Waals surface area contributed by atoms with Crippen LogP contribution in [-0.2, 0) is 0 Å². The number of nitrogens with zero attached hydrogens (tertiary/aromatic N) is 2. The second-order valence-electron chi connectivity index (χ2n) is 6.41. The molecule has 3 N–H and O–H groups in total. The Morgan fingerprint density at radius 1 is 1.32 bits per heavy atom. The van der Waals surface area contributed by atoms with E-state index in [2.05, 4.69) is 23.2 Å². The highest BCUT2D eigenvalue weighted by molar-refractivity contribution is 5.91. The van der Waals surface area contributed by atoms with Gasteiger partial charge in [-0.15, -0.1) is 0 Å². The van der Waals surface area contributed by atoms with Gasteiger partial charge in [0.1, 0.15) is 0 Å². The molecule has 0 radical (unpaired) electrons. The Morgan fingerprint density at radius 2 is 2.09 bits per heavy atom. The zero-order valence-electron chi connectivity index (χ0n) is 13.3. The number of anilines is 2. The minimum Gasteiger partial charge on any atom is -0.371 e. The topological polar surface area (TPSA) is 61.6 Å². The quantitative estimate of drug-likeness (QED) is 0.901. The molecule has 2 amide bonds. The molecule has 5 nitrogen and oxygen atoms in total. The van der Waals surface area contributed by atoms with Gasteiger partial charge in [0.25, 0.3) is 0 Å². The minimum atomic E-state index is -0.00220. The van der Waals surface area contributed by atoms with Crippen molar-refractivity contribution >= 4 is 17.4 Å². The van der Waals surface area contributed by atoms with Gasteiger partial charge in [0, 0.05) is 37.6 Å². The first-order valence-electron chi connectivity index (χ1n) is 8.29. The maximum atomic E-state index is 12.4. The number of urea groups is 1. The normalized spacial score (nSPS) is 21.5. The van der Waals surface area contributed by atoms with Gasteiger partial charge in [-0.25, -0.2) is 4.79 Å². The summed E-state index contributed by atoms with van der Waals surface area (Å²) in [5.41, 5.74) is 9.03. The SMILES string of the molecule is Cc1c(NC(=O)N2CCC(CN)C2)cccc1N1CCCC1. The molecule has 3 rings (SSSR count). The first-order valence-corrected chi connectivity index (χ1v) is 8.29. The Bertz CT molecular complexity index is 539. The molecule has 2 aliphatic rings. The largest absolute Gasteiger partial charge is 0.371 e. The molecule has 2 heterocycles. The maximum absolute atomic E-state index is 12.4. The Morgan fingerprint density at radius 3 is 2.77 bits per heavy atom. The van der Waals surface area contributed by atoms with Crippen molar-refractivity contribution in [3.63, 3.8) is 0 Å². The molecule has 0 aliphatic carbocycles. The van der Waals surface area contributed by atoms with E-state index in [-0.39, 0.29) is 6.03 Å². The summed E-state index contributed by atoms with van der Waals surface area (Å²) in [7, 11) is 0. The summed E-state index contributed by atoms with van der Waals surface area (Å²) < 4.78 is 0. The van der Waals surface area contributed by atoms with Gasteiger partial charge >= 0.3 is 6.03 Å². The molecule has 0 spiro atoms. The average Bonchev–Trinajstić information content (AvgIpc) is 3.20. The third kappa shape index (κ3) is 3.04. The van der Waals surface area contributed by atoms with Gasteiger partial charge in [0.2, 0.25) is 0 Å². The molecule has 5 heteroatoms. The van der Waals surface area contributed by atoms with E-state index in [0.29, 0.717) is 12.5 Å². The fourth-order valence-corrected chi connectivity index (χ4v) is 3.46. The fraction of sp³-hybridized carbons (Fsp3) is 0.588.